The second-order valence-corrected chi connectivity index (χ2v) is 5.30. The van der Waals surface area contributed by atoms with Gasteiger partial charge in [0.1, 0.15) is 5.82 Å². The number of anilines is 1. The lowest BCUT2D eigenvalue weighted by atomic mass is 9.91. The van der Waals surface area contributed by atoms with E-state index in [1.165, 1.54) is 6.20 Å². The molecule has 3 rings (SSSR count). The van der Waals surface area contributed by atoms with Crippen molar-refractivity contribution in [3.05, 3.63) is 22.3 Å². The smallest absolute Gasteiger partial charge is 0.279 e. The topological polar surface area (TPSA) is 28.2 Å². The van der Waals surface area contributed by atoms with Gasteiger partial charge in [0.2, 0.25) is 0 Å². The van der Waals surface area contributed by atoms with Crippen molar-refractivity contribution in [3.63, 3.8) is 0 Å². The van der Waals surface area contributed by atoms with E-state index in [9.17, 15) is 8.78 Å². The van der Waals surface area contributed by atoms with Crippen LogP contribution in [-0.2, 0) is 5.92 Å². The first-order valence-corrected chi connectivity index (χ1v) is 6.39. The Labute approximate surface area is 109 Å². The molecule has 6 heteroatoms. The van der Waals surface area contributed by atoms with E-state index in [1.54, 1.807) is 6.92 Å². The number of halogens is 3. The molecule has 2 aliphatic rings. The van der Waals surface area contributed by atoms with E-state index >= 15 is 0 Å². The SMILES string of the molecule is Cc1c(Cl)cnc2c1C(F)(F)CC1CNCCN21. The Morgan fingerprint density at radius 3 is 3.11 bits per heavy atom. The van der Waals surface area contributed by atoms with Gasteiger partial charge in [0.15, 0.2) is 0 Å². The minimum Gasteiger partial charge on any atom is -0.350 e. The maximum absolute atomic E-state index is 14.3. The van der Waals surface area contributed by atoms with Gasteiger partial charge in [0.25, 0.3) is 5.92 Å². The Bertz CT molecular complexity index is 492. The minimum atomic E-state index is -2.85. The van der Waals surface area contributed by atoms with Gasteiger partial charge in [0.05, 0.1) is 10.6 Å². The van der Waals surface area contributed by atoms with E-state index < -0.39 is 5.92 Å². The minimum absolute atomic E-state index is 0.00755. The fourth-order valence-corrected chi connectivity index (χ4v) is 2.99. The summed E-state index contributed by atoms with van der Waals surface area (Å²) < 4.78 is 28.5. The largest absolute Gasteiger partial charge is 0.350 e. The van der Waals surface area contributed by atoms with Gasteiger partial charge >= 0.3 is 0 Å². The van der Waals surface area contributed by atoms with Crippen LogP contribution in [0.25, 0.3) is 0 Å². The number of aromatic nitrogens is 1. The summed E-state index contributed by atoms with van der Waals surface area (Å²) in [6.07, 6.45) is 1.30. The van der Waals surface area contributed by atoms with Gasteiger partial charge < -0.3 is 10.2 Å². The lowest BCUT2D eigenvalue weighted by Gasteiger charge is -2.44. The molecule has 0 aliphatic carbocycles. The summed E-state index contributed by atoms with van der Waals surface area (Å²) in [5.74, 6) is -2.45. The molecule has 0 bridgehead atoms. The Morgan fingerprint density at radius 1 is 1.56 bits per heavy atom. The summed E-state index contributed by atoms with van der Waals surface area (Å²) in [4.78, 5) is 6.12. The van der Waals surface area contributed by atoms with Crippen LogP contribution in [0.3, 0.4) is 0 Å². The van der Waals surface area contributed by atoms with Crippen molar-refractivity contribution >= 4 is 17.4 Å². The third kappa shape index (κ3) is 1.68. The first kappa shape index (κ1) is 12.1. The molecule has 1 atom stereocenters. The monoisotopic (exact) mass is 273 g/mol. The highest BCUT2D eigenvalue weighted by Gasteiger charge is 2.47. The van der Waals surface area contributed by atoms with Crippen LogP contribution in [0.2, 0.25) is 5.02 Å². The van der Waals surface area contributed by atoms with Crippen molar-refractivity contribution < 1.29 is 8.78 Å². The van der Waals surface area contributed by atoms with Gasteiger partial charge in [-0.1, -0.05) is 11.6 Å². The number of nitrogens with zero attached hydrogens (tertiary/aromatic N) is 2. The third-order valence-electron chi connectivity index (χ3n) is 3.74. The molecule has 3 nitrogen and oxygen atoms in total. The fraction of sp³-hybridized carbons (Fsp3) is 0.583. The fourth-order valence-electron chi connectivity index (χ4n) is 2.84. The molecule has 0 radical (unpaired) electrons. The molecule has 1 aromatic heterocycles. The Kier molecular flexibility index (Phi) is 2.71. The number of pyridine rings is 1. The first-order chi connectivity index (χ1) is 8.50. The molecular weight excluding hydrogens is 260 g/mol. The quantitative estimate of drug-likeness (QED) is 0.786. The zero-order valence-electron chi connectivity index (χ0n) is 10.0. The zero-order chi connectivity index (χ0) is 12.9. The van der Waals surface area contributed by atoms with E-state index in [-0.39, 0.29) is 18.0 Å². The maximum atomic E-state index is 14.3. The van der Waals surface area contributed by atoms with Crippen molar-refractivity contribution in [2.75, 3.05) is 24.5 Å². The summed E-state index contributed by atoms with van der Waals surface area (Å²) in [6, 6.07) is -0.186. The molecule has 0 amide bonds. The number of hydrogen-bond acceptors (Lipinski definition) is 3. The van der Waals surface area contributed by atoms with Gasteiger partial charge in [0, 0.05) is 38.3 Å². The van der Waals surface area contributed by atoms with Crippen LogP contribution < -0.4 is 10.2 Å². The third-order valence-corrected chi connectivity index (χ3v) is 4.12. The zero-order valence-corrected chi connectivity index (χ0v) is 10.8. The van der Waals surface area contributed by atoms with Crippen LogP contribution in [0.5, 0.6) is 0 Å². The van der Waals surface area contributed by atoms with Crippen LogP contribution in [0, 0.1) is 6.92 Å². The second-order valence-electron chi connectivity index (χ2n) is 4.89. The highest BCUT2D eigenvalue weighted by Crippen LogP contribution is 2.46. The highest BCUT2D eigenvalue weighted by molar-refractivity contribution is 6.31. The molecule has 0 spiro atoms. The standard InChI is InChI=1S/C12H14ClF2N3/c1-7-9(13)6-17-11-10(7)12(14,15)4-8-5-16-2-3-18(8)11/h6,8,16H,2-5H2,1H3. The molecule has 2 aliphatic heterocycles. The Balaban J connectivity index is 2.17. The van der Waals surface area contributed by atoms with Crippen molar-refractivity contribution in [3.8, 4) is 0 Å². The molecule has 18 heavy (non-hydrogen) atoms. The molecule has 1 N–H and O–H groups in total. The predicted molar refractivity (Wildman–Crippen MR) is 66.5 cm³/mol. The molecule has 1 saturated heterocycles. The highest BCUT2D eigenvalue weighted by atomic mass is 35.5. The first-order valence-electron chi connectivity index (χ1n) is 6.01. The number of rotatable bonds is 0. The number of hydrogen-bond donors (Lipinski definition) is 1. The van der Waals surface area contributed by atoms with E-state index in [4.69, 9.17) is 11.6 Å². The molecule has 3 heterocycles. The van der Waals surface area contributed by atoms with Crippen LogP contribution in [0.15, 0.2) is 6.20 Å². The van der Waals surface area contributed by atoms with E-state index in [1.807, 2.05) is 4.90 Å². The Morgan fingerprint density at radius 2 is 2.33 bits per heavy atom. The van der Waals surface area contributed by atoms with Crippen molar-refractivity contribution in [1.82, 2.24) is 10.3 Å². The summed E-state index contributed by atoms with van der Waals surface area (Å²) >= 11 is 5.92. The average Bonchev–Trinajstić information content (AvgIpc) is 2.32. The number of alkyl halides is 2. The molecule has 0 aromatic carbocycles. The molecule has 98 valence electrons. The Hall–Kier alpha value is -0.940. The summed E-state index contributed by atoms with van der Waals surface area (Å²) in [7, 11) is 0. The van der Waals surface area contributed by atoms with E-state index in [0.717, 1.165) is 6.54 Å². The van der Waals surface area contributed by atoms with Gasteiger partial charge in [-0.25, -0.2) is 13.8 Å². The van der Waals surface area contributed by atoms with Crippen molar-refractivity contribution in [2.24, 2.45) is 0 Å². The lowest BCUT2D eigenvalue weighted by molar-refractivity contribution is -0.0277. The van der Waals surface area contributed by atoms with Gasteiger partial charge in [-0.3, -0.25) is 0 Å². The summed E-state index contributed by atoms with van der Waals surface area (Å²) in [6.45, 7) is 3.73. The summed E-state index contributed by atoms with van der Waals surface area (Å²) in [5, 5.41) is 3.46. The lowest BCUT2D eigenvalue weighted by Crippen LogP contribution is -2.56. The molecule has 1 aromatic rings. The normalized spacial score (nSPS) is 25.6. The molecular formula is C12H14ClF2N3. The molecule has 1 unspecified atom stereocenters. The molecule has 0 saturated carbocycles. The van der Waals surface area contributed by atoms with Crippen LogP contribution in [0.1, 0.15) is 17.5 Å². The average molecular weight is 274 g/mol. The van der Waals surface area contributed by atoms with Gasteiger partial charge in [-0.2, -0.15) is 0 Å². The second kappa shape index (κ2) is 4.03. The van der Waals surface area contributed by atoms with Crippen LogP contribution in [-0.4, -0.2) is 30.7 Å². The van der Waals surface area contributed by atoms with Crippen LogP contribution in [0.4, 0.5) is 14.6 Å². The number of nitrogens with one attached hydrogen (secondary N) is 1. The van der Waals surface area contributed by atoms with E-state index in [2.05, 4.69) is 10.3 Å². The van der Waals surface area contributed by atoms with Crippen molar-refractivity contribution in [2.45, 2.75) is 25.3 Å². The number of fused-ring (bicyclic) bond motifs is 3. The van der Waals surface area contributed by atoms with Crippen molar-refractivity contribution in [1.29, 1.82) is 0 Å². The molecule has 1 fully saturated rings. The van der Waals surface area contributed by atoms with Gasteiger partial charge in [-0.15, -0.1) is 0 Å². The van der Waals surface area contributed by atoms with Crippen LogP contribution >= 0.6 is 11.6 Å². The maximum Gasteiger partial charge on any atom is 0.279 e. The van der Waals surface area contributed by atoms with Gasteiger partial charge in [-0.05, 0) is 12.5 Å². The van der Waals surface area contributed by atoms with E-state index in [0.29, 0.717) is 29.5 Å². The number of piperazine rings is 1. The predicted octanol–water partition coefficient (Wildman–Crippen LogP) is 2.32. The summed E-state index contributed by atoms with van der Waals surface area (Å²) in [5.41, 5.74) is 0.455.